The predicted octanol–water partition coefficient (Wildman–Crippen LogP) is 2.56. The van der Waals surface area contributed by atoms with Crippen molar-refractivity contribution in [3.8, 4) is 0 Å². The molecule has 3 nitrogen and oxygen atoms in total. The van der Waals surface area contributed by atoms with E-state index in [9.17, 15) is 5.11 Å². The number of ether oxygens (including phenoxy) is 1. The lowest BCUT2D eigenvalue weighted by Gasteiger charge is -2.38. The SMILES string of the molecule is CC1CCC(OC(CO)C(N)C(C)(C)C)CC1C. The van der Waals surface area contributed by atoms with Crippen molar-refractivity contribution in [1.82, 2.24) is 0 Å². The number of aliphatic hydroxyl groups is 1. The summed E-state index contributed by atoms with van der Waals surface area (Å²) in [4.78, 5) is 0. The number of aliphatic hydroxyl groups excluding tert-OH is 1. The largest absolute Gasteiger partial charge is 0.394 e. The molecule has 0 aromatic heterocycles. The van der Waals surface area contributed by atoms with E-state index < -0.39 is 0 Å². The molecule has 3 N–H and O–H groups in total. The fourth-order valence-corrected chi connectivity index (χ4v) is 2.67. The molecule has 0 aromatic rings. The number of rotatable bonds is 4. The van der Waals surface area contributed by atoms with Gasteiger partial charge in [-0.1, -0.05) is 34.6 Å². The smallest absolute Gasteiger partial charge is 0.0964 e. The van der Waals surface area contributed by atoms with E-state index in [2.05, 4.69) is 34.6 Å². The summed E-state index contributed by atoms with van der Waals surface area (Å²) in [6.07, 6.45) is 3.43. The van der Waals surface area contributed by atoms with Gasteiger partial charge in [-0.25, -0.2) is 0 Å². The molecule has 18 heavy (non-hydrogen) atoms. The number of hydrogen-bond donors (Lipinski definition) is 2. The molecular weight excluding hydrogens is 226 g/mol. The van der Waals surface area contributed by atoms with E-state index in [0.717, 1.165) is 18.8 Å². The first-order valence-electron chi connectivity index (χ1n) is 7.27. The van der Waals surface area contributed by atoms with Crippen molar-refractivity contribution >= 4 is 0 Å². The van der Waals surface area contributed by atoms with Crippen molar-refractivity contribution in [1.29, 1.82) is 0 Å². The van der Waals surface area contributed by atoms with Crippen LogP contribution in [-0.4, -0.2) is 30.0 Å². The molecule has 3 heteroatoms. The van der Waals surface area contributed by atoms with Crippen LogP contribution in [0.2, 0.25) is 0 Å². The van der Waals surface area contributed by atoms with E-state index in [4.69, 9.17) is 10.5 Å². The van der Waals surface area contributed by atoms with Crippen LogP contribution in [0.25, 0.3) is 0 Å². The Bertz CT molecular complexity index is 249. The first-order chi connectivity index (χ1) is 8.25. The van der Waals surface area contributed by atoms with Gasteiger partial charge < -0.3 is 15.6 Å². The Morgan fingerprint density at radius 3 is 2.28 bits per heavy atom. The summed E-state index contributed by atoms with van der Waals surface area (Å²) < 4.78 is 6.07. The fourth-order valence-electron chi connectivity index (χ4n) is 2.67. The second-order valence-corrected chi connectivity index (χ2v) is 7.14. The highest BCUT2D eigenvalue weighted by molar-refractivity contribution is 4.86. The Hall–Kier alpha value is -0.120. The third-order valence-electron chi connectivity index (χ3n) is 4.50. The van der Waals surface area contributed by atoms with Crippen LogP contribution in [0.1, 0.15) is 53.9 Å². The zero-order valence-electron chi connectivity index (χ0n) is 12.6. The summed E-state index contributed by atoms with van der Waals surface area (Å²) in [7, 11) is 0. The lowest BCUT2D eigenvalue weighted by atomic mass is 9.79. The molecule has 0 bridgehead atoms. The highest BCUT2D eigenvalue weighted by Gasteiger charge is 2.33. The molecule has 5 atom stereocenters. The maximum Gasteiger partial charge on any atom is 0.0964 e. The zero-order chi connectivity index (χ0) is 13.9. The average Bonchev–Trinajstić information content (AvgIpc) is 2.28. The lowest BCUT2D eigenvalue weighted by molar-refractivity contribution is -0.0892. The van der Waals surface area contributed by atoms with Crippen molar-refractivity contribution in [3.05, 3.63) is 0 Å². The molecule has 1 aliphatic rings. The lowest BCUT2D eigenvalue weighted by Crippen LogP contribution is -2.50. The van der Waals surface area contributed by atoms with Gasteiger partial charge in [0.15, 0.2) is 0 Å². The molecule has 5 unspecified atom stereocenters. The van der Waals surface area contributed by atoms with Crippen LogP contribution in [-0.2, 0) is 4.74 Å². The Labute approximate surface area is 112 Å². The highest BCUT2D eigenvalue weighted by atomic mass is 16.5. The normalized spacial score (nSPS) is 33.2. The minimum atomic E-state index is -0.240. The Morgan fingerprint density at radius 1 is 1.22 bits per heavy atom. The van der Waals surface area contributed by atoms with E-state index in [1.54, 1.807) is 0 Å². The van der Waals surface area contributed by atoms with E-state index in [-0.39, 0.29) is 30.3 Å². The van der Waals surface area contributed by atoms with E-state index in [1.807, 2.05) is 0 Å². The molecule has 0 heterocycles. The van der Waals surface area contributed by atoms with Gasteiger partial charge in [-0.3, -0.25) is 0 Å². The van der Waals surface area contributed by atoms with Gasteiger partial charge in [-0.2, -0.15) is 0 Å². The fraction of sp³-hybridized carbons (Fsp3) is 1.00. The molecular formula is C15H31NO2. The molecule has 1 rings (SSSR count). The summed E-state index contributed by atoms with van der Waals surface area (Å²) in [6, 6.07) is -0.128. The van der Waals surface area contributed by atoms with E-state index in [0.29, 0.717) is 5.92 Å². The summed E-state index contributed by atoms with van der Waals surface area (Å²) in [5.41, 5.74) is 6.16. The Balaban J connectivity index is 2.53. The van der Waals surface area contributed by atoms with Gasteiger partial charge in [0, 0.05) is 6.04 Å². The van der Waals surface area contributed by atoms with Gasteiger partial charge in [-0.05, 0) is 36.5 Å². The van der Waals surface area contributed by atoms with Crippen molar-refractivity contribution in [2.24, 2.45) is 23.0 Å². The third kappa shape index (κ3) is 4.22. The van der Waals surface area contributed by atoms with Crippen molar-refractivity contribution in [3.63, 3.8) is 0 Å². The molecule has 1 fully saturated rings. The van der Waals surface area contributed by atoms with Crippen LogP contribution in [0.5, 0.6) is 0 Å². The van der Waals surface area contributed by atoms with Gasteiger partial charge in [0.2, 0.25) is 0 Å². The quantitative estimate of drug-likeness (QED) is 0.814. The second kappa shape index (κ2) is 6.36. The molecule has 0 amide bonds. The molecule has 1 saturated carbocycles. The zero-order valence-corrected chi connectivity index (χ0v) is 12.6. The third-order valence-corrected chi connectivity index (χ3v) is 4.50. The molecule has 0 radical (unpaired) electrons. The van der Waals surface area contributed by atoms with Gasteiger partial charge >= 0.3 is 0 Å². The van der Waals surface area contributed by atoms with Gasteiger partial charge in [0.25, 0.3) is 0 Å². The Kier molecular flexibility index (Phi) is 5.63. The minimum absolute atomic E-state index is 0.0128. The standard InChI is InChI=1S/C15H31NO2/c1-10-6-7-12(8-11(10)2)18-13(9-17)14(16)15(3,4)5/h10-14,17H,6-9,16H2,1-5H3. The van der Waals surface area contributed by atoms with Crippen LogP contribution >= 0.6 is 0 Å². The minimum Gasteiger partial charge on any atom is -0.394 e. The van der Waals surface area contributed by atoms with Crippen LogP contribution in [0.4, 0.5) is 0 Å². The van der Waals surface area contributed by atoms with Crippen molar-refractivity contribution in [2.75, 3.05) is 6.61 Å². The van der Waals surface area contributed by atoms with Crippen molar-refractivity contribution in [2.45, 2.75) is 72.1 Å². The van der Waals surface area contributed by atoms with Gasteiger partial charge in [-0.15, -0.1) is 0 Å². The molecule has 0 aliphatic heterocycles. The van der Waals surface area contributed by atoms with Gasteiger partial charge in [0.1, 0.15) is 0 Å². The van der Waals surface area contributed by atoms with Crippen molar-refractivity contribution < 1.29 is 9.84 Å². The molecule has 0 saturated heterocycles. The topological polar surface area (TPSA) is 55.5 Å². The molecule has 108 valence electrons. The van der Waals surface area contributed by atoms with Crippen LogP contribution in [0.15, 0.2) is 0 Å². The summed E-state index contributed by atoms with van der Waals surface area (Å²) in [5, 5.41) is 9.50. The predicted molar refractivity (Wildman–Crippen MR) is 75.4 cm³/mol. The second-order valence-electron chi connectivity index (χ2n) is 7.14. The summed E-state index contributed by atoms with van der Waals surface area (Å²) in [6.45, 7) is 10.9. The summed E-state index contributed by atoms with van der Waals surface area (Å²) >= 11 is 0. The van der Waals surface area contributed by atoms with Crippen LogP contribution in [0.3, 0.4) is 0 Å². The monoisotopic (exact) mass is 257 g/mol. The maximum atomic E-state index is 9.50. The van der Waals surface area contributed by atoms with Crippen LogP contribution in [0, 0.1) is 17.3 Å². The molecule has 0 spiro atoms. The molecule has 1 aliphatic carbocycles. The first-order valence-corrected chi connectivity index (χ1v) is 7.27. The molecule has 0 aromatic carbocycles. The van der Waals surface area contributed by atoms with Gasteiger partial charge in [0.05, 0.1) is 18.8 Å². The maximum absolute atomic E-state index is 9.50. The Morgan fingerprint density at radius 2 is 1.83 bits per heavy atom. The summed E-state index contributed by atoms with van der Waals surface area (Å²) in [5.74, 6) is 1.49. The highest BCUT2D eigenvalue weighted by Crippen LogP contribution is 2.32. The van der Waals surface area contributed by atoms with E-state index in [1.165, 1.54) is 6.42 Å². The number of hydrogen-bond acceptors (Lipinski definition) is 3. The van der Waals surface area contributed by atoms with Crippen LogP contribution < -0.4 is 5.73 Å². The first kappa shape index (κ1) is 15.9. The number of nitrogens with two attached hydrogens (primary N) is 1. The average molecular weight is 257 g/mol. The van der Waals surface area contributed by atoms with E-state index >= 15 is 0 Å².